The molecule has 1 aliphatic carbocycles. The lowest BCUT2D eigenvalue weighted by Gasteiger charge is -2.32. The van der Waals surface area contributed by atoms with E-state index < -0.39 is 10.0 Å². The number of hydrogen-bond donors (Lipinski definition) is 2. The van der Waals surface area contributed by atoms with E-state index >= 15 is 0 Å². The van der Waals surface area contributed by atoms with Crippen molar-refractivity contribution in [3.63, 3.8) is 0 Å². The number of hydrogen-bond acceptors (Lipinski definition) is 7. The number of likely N-dealkylation sites (N-methyl/N-ethyl adjacent to an activating group) is 1. The highest BCUT2D eigenvalue weighted by Gasteiger charge is 2.27. The summed E-state index contributed by atoms with van der Waals surface area (Å²) in [7, 11) is 0.258. The summed E-state index contributed by atoms with van der Waals surface area (Å²) in [6.07, 6.45) is 4.45. The molecule has 0 saturated heterocycles. The molecule has 196 valence electrons. The number of nitrogens with zero attached hydrogens (tertiary/aromatic N) is 1. The van der Waals surface area contributed by atoms with Gasteiger partial charge in [0.2, 0.25) is 10.0 Å². The zero-order valence-electron chi connectivity index (χ0n) is 20.2. The molecule has 1 aromatic rings. The molecule has 0 unspecified atom stereocenters. The van der Waals surface area contributed by atoms with Crippen LogP contribution in [0.2, 0.25) is 0 Å². The number of ether oxygens (including phenoxy) is 3. The van der Waals surface area contributed by atoms with Crippen LogP contribution in [0.15, 0.2) is 63.5 Å². The molecule has 0 radical (unpaired) electrons. The Balaban J connectivity index is 1.98. The second kappa shape index (κ2) is 15.0. The lowest BCUT2D eigenvalue weighted by molar-refractivity contribution is 0.0530. The van der Waals surface area contributed by atoms with Gasteiger partial charge in [0.15, 0.2) is 0 Å². The smallest absolute Gasteiger partial charge is 0.240 e. The summed E-state index contributed by atoms with van der Waals surface area (Å²) in [5, 5.41) is 1.04. The van der Waals surface area contributed by atoms with Gasteiger partial charge < -0.3 is 24.8 Å². The van der Waals surface area contributed by atoms with Gasteiger partial charge in [0.05, 0.1) is 37.4 Å². The highest BCUT2D eigenvalue weighted by atomic mass is 35.5. The fourth-order valence-corrected chi connectivity index (χ4v) is 4.86. The van der Waals surface area contributed by atoms with Gasteiger partial charge in [-0.3, -0.25) is 0 Å². The average Bonchev–Trinajstić information content (AvgIpc) is 2.86. The van der Waals surface area contributed by atoms with Crippen molar-refractivity contribution in [1.82, 2.24) is 9.62 Å². The van der Waals surface area contributed by atoms with Gasteiger partial charge in [-0.2, -0.15) is 0 Å². The Labute approximate surface area is 218 Å². The van der Waals surface area contributed by atoms with Crippen LogP contribution in [-0.4, -0.2) is 79.1 Å². The van der Waals surface area contributed by atoms with Gasteiger partial charge in [-0.05, 0) is 56.4 Å². The summed E-state index contributed by atoms with van der Waals surface area (Å²) in [5.41, 5.74) is 6.10. The topological polar surface area (TPSA) is 103 Å². The molecule has 2 rings (SSSR count). The maximum Gasteiger partial charge on any atom is 0.240 e. The fourth-order valence-electron chi connectivity index (χ4n) is 3.40. The van der Waals surface area contributed by atoms with E-state index in [0.717, 1.165) is 5.57 Å². The molecule has 0 saturated carbocycles. The van der Waals surface area contributed by atoms with Crippen LogP contribution in [0.1, 0.15) is 12.8 Å². The van der Waals surface area contributed by atoms with Crippen LogP contribution in [0.5, 0.6) is 5.75 Å². The first kappa shape index (κ1) is 29.8. The summed E-state index contributed by atoms with van der Waals surface area (Å²) in [4.78, 5) is 2.20. The van der Waals surface area contributed by atoms with Crippen molar-refractivity contribution in [2.45, 2.75) is 29.9 Å². The Bertz CT molecular complexity index is 981. The molecule has 0 amide bonds. The summed E-state index contributed by atoms with van der Waals surface area (Å²) in [6, 6.07) is 6.29. The van der Waals surface area contributed by atoms with Crippen LogP contribution in [0.3, 0.4) is 0 Å². The normalized spacial score (nSPS) is 22.5. The second-order valence-corrected chi connectivity index (χ2v) is 10.8. The fraction of sp³-hybridized carbons (Fsp3) is 0.500. The number of sulfonamides is 1. The molecule has 0 heterocycles. The van der Waals surface area contributed by atoms with E-state index in [1.165, 1.54) is 12.1 Å². The third kappa shape index (κ3) is 10.2. The molecule has 0 aliphatic heterocycles. The molecule has 8 nitrogen and oxygen atoms in total. The summed E-state index contributed by atoms with van der Waals surface area (Å²) < 4.78 is 44.5. The van der Waals surface area contributed by atoms with E-state index in [-0.39, 0.29) is 30.2 Å². The van der Waals surface area contributed by atoms with Crippen LogP contribution < -0.4 is 15.2 Å². The molecule has 3 N–H and O–H groups in total. The molecule has 0 bridgehead atoms. The van der Waals surface area contributed by atoms with Crippen molar-refractivity contribution in [3.05, 3.63) is 58.6 Å². The van der Waals surface area contributed by atoms with E-state index in [1.807, 2.05) is 20.2 Å². The maximum atomic E-state index is 12.6. The van der Waals surface area contributed by atoms with Gasteiger partial charge in [0.1, 0.15) is 11.9 Å². The van der Waals surface area contributed by atoms with Gasteiger partial charge in [-0.25, -0.2) is 13.1 Å². The summed E-state index contributed by atoms with van der Waals surface area (Å²) in [5.74, 6) is 0.551. The lowest BCUT2D eigenvalue weighted by Crippen LogP contribution is -2.42. The standard InChI is InChI=1S/C24H35Cl2N3O5S/c1-18-16-23(29(2)3)24(9-4-19(25)17-22(18)26)34-20-5-7-21(8-6-20)35(30,31)28-11-13-33-15-14-32-12-10-27/h4-8,17,23-24,28H,1,9-16,27H2,2-3H3/b19-4+,22-17+/t23-,24-/m0/s1. The molecule has 0 aromatic heterocycles. The predicted molar refractivity (Wildman–Crippen MR) is 140 cm³/mol. The zero-order valence-corrected chi connectivity index (χ0v) is 22.5. The minimum Gasteiger partial charge on any atom is -0.488 e. The summed E-state index contributed by atoms with van der Waals surface area (Å²) in [6.45, 7) is 6.18. The van der Waals surface area contributed by atoms with Crippen LogP contribution >= 0.6 is 23.2 Å². The van der Waals surface area contributed by atoms with Gasteiger partial charge in [0, 0.05) is 29.6 Å². The molecule has 0 spiro atoms. The van der Waals surface area contributed by atoms with Crippen LogP contribution in [0.4, 0.5) is 0 Å². The molecular weight excluding hydrogens is 513 g/mol. The van der Waals surface area contributed by atoms with Gasteiger partial charge >= 0.3 is 0 Å². The third-order valence-corrected chi connectivity index (χ3v) is 7.41. The number of nitrogens with one attached hydrogen (secondary N) is 1. The Kier molecular flexibility index (Phi) is 12.7. The number of allylic oxidation sites excluding steroid dienone is 3. The van der Waals surface area contributed by atoms with E-state index in [9.17, 15) is 8.42 Å². The van der Waals surface area contributed by atoms with E-state index in [2.05, 4.69) is 16.2 Å². The zero-order chi connectivity index (χ0) is 25.8. The van der Waals surface area contributed by atoms with Gasteiger partial charge in [-0.15, -0.1) is 0 Å². The average molecular weight is 549 g/mol. The molecule has 0 fully saturated rings. The van der Waals surface area contributed by atoms with Crippen molar-refractivity contribution < 1.29 is 22.6 Å². The Morgan fingerprint density at radius 2 is 1.77 bits per heavy atom. The Hall–Kier alpha value is -1.43. The van der Waals surface area contributed by atoms with Crippen molar-refractivity contribution in [2.24, 2.45) is 5.73 Å². The Morgan fingerprint density at radius 3 is 2.40 bits per heavy atom. The number of benzene rings is 1. The largest absolute Gasteiger partial charge is 0.488 e. The lowest BCUT2D eigenvalue weighted by atomic mass is 9.99. The van der Waals surface area contributed by atoms with Crippen molar-refractivity contribution in [1.29, 1.82) is 0 Å². The van der Waals surface area contributed by atoms with E-state index in [0.29, 0.717) is 55.0 Å². The molecular formula is C24H35Cl2N3O5S. The van der Waals surface area contributed by atoms with Crippen LogP contribution in [-0.2, 0) is 19.5 Å². The minimum absolute atomic E-state index is 0.0192. The number of rotatable bonds is 13. The Morgan fingerprint density at radius 1 is 1.11 bits per heavy atom. The number of halogens is 2. The van der Waals surface area contributed by atoms with Crippen molar-refractivity contribution in [3.8, 4) is 5.75 Å². The van der Waals surface area contributed by atoms with Gasteiger partial charge in [-0.1, -0.05) is 35.9 Å². The van der Waals surface area contributed by atoms with E-state index in [4.69, 9.17) is 43.1 Å². The maximum absolute atomic E-state index is 12.6. The molecule has 2 atom stereocenters. The van der Waals surface area contributed by atoms with E-state index in [1.54, 1.807) is 18.2 Å². The quantitative estimate of drug-likeness (QED) is 0.365. The van der Waals surface area contributed by atoms with Crippen molar-refractivity contribution >= 4 is 33.2 Å². The van der Waals surface area contributed by atoms with Crippen molar-refractivity contribution in [2.75, 3.05) is 53.6 Å². The highest BCUT2D eigenvalue weighted by molar-refractivity contribution is 7.89. The van der Waals surface area contributed by atoms with Crippen LogP contribution in [0.25, 0.3) is 0 Å². The SMILES string of the molecule is C=C1C[C@H](N(C)C)[C@@H](Oc2ccc(S(=O)(=O)NCCOCCOCCN)cc2)C/C=C(Cl)\C=C/1Cl. The first-order valence-electron chi connectivity index (χ1n) is 11.3. The predicted octanol–water partition coefficient (Wildman–Crippen LogP) is 3.23. The first-order chi connectivity index (χ1) is 16.6. The molecule has 1 aliphatic rings. The minimum atomic E-state index is -3.67. The first-order valence-corrected chi connectivity index (χ1v) is 13.6. The molecule has 11 heteroatoms. The van der Waals surface area contributed by atoms with Crippen LogP contribution in [0, 0.1) is 0 Å². The monoisotopic (exact) mass is 547 g/mol. The number of nitrogens with two attached hydrogens (primary N) is 1. The molecule has 35 heavy (non-hydrogen) atoms. The van der Waals surface area contributed by atoms with Gasteiger partial charge in [0.25, 0.3) is 0 Å². The molecule has 1 aromatic carbocycles. The second-order valence-electron chi connectivity index (χ2n) is 8.19. The highest BCUT2D eigenvalue weighted by Crippen LogP contribution is 2.29. The third-order valence-electron chi connectivity index (χ3n) is 5.29. The summed E-state index contributed by atoms with van der Waals surface area (Å²) >= 11 is 12.6.